The van der Waals surface area contributed by atoms with Crippen LogP contribution in [0.4, 0.5) is 0 Å². The Balaban J connectivity index is 1.78. The van der Waals surface area contributed by atoms with Gasteiger partial charge in [0, 0.05) is 31.7 Å². The summed E-state index contributed by atoms with van der Waals surface area (Å²) in [6.07, 6.45) is 4.11. The van der Waals surface area contributed by atoms with Crippen molar-refractivity contribution < 1.29 is 8.42 Å². The van der Waals surface area contributed by atoms with Crippen LogP contribution in [-0.2, 0) is 10.2 Å². The molecule has 1 saturated carbocycles. The highest BCUT2D eigenvalue weighted by molar-refractivity contribution is 7.86. The highest BCUT2D eigenvalue weighted by Crippen LogP contribution is 2.39. The fourth-order valence-corrected chi connectivity index (χ4v) is 5.25. The molecular weight excluding hydrogens is 226 g/mol. The van der Waals surface area contributed by atoms with E-state index in [2.05, 4.69) is 0 Å². The van der Waals surface area contributed by atoms with E-state index in [4.69, 9.17) is 5.73 Å². The molecule has 3 rings (SSSR count). The molecule has 3 aliphatic rings. The monoisotopic (exact) mass is 245 g/mol. The van der Waals surface area contributed by atoms with E-state index in [0.29, 0.717) is 19.0 Å². The maximum Gasteiger partial charge on any atom is 0.282 e. The number of hydrogen-bond donors (Lipinski definition) is 1. The average molecular weight is 245 g/mol. The summed E-state index contributed by atoms with van der Waals surface area (Å²) in [5.74, 6) is 0.607. The lowest BCUT2D eigenvalue weighted by molar-refractivity contribution is 0.304. The Labute approximate surface area is 96.8 Å². The highest BCUT2D eigenvalue weighted by Gasteiger charge is 2.46. The second-order valence-electron chi connectivity index (χ2n) is 5.32. The summed E-state index contributed by atoms with van der Waals surface area (Å²) in [6, 6.07) is 0.293. The molecule has 6 heteroatoms. The summed E-state index contributed by atoms with van der Waals surface area (Å²) in [4.78, 5) is 0. The SMILES string of the molecule is N[C@@H]1CCN(S(=O)(=O)N2CC3CCC2C3)C1. The molecule has 92 valence electrons. The molecular formula is C10H19N3O2S. The molecule has 0 spiro atoms. The van der Waals surface area contributed by atoms with Crippen LogP contribution in [-0.4, -0.2) is 48.7 Å². The largest absolute Gasteiger partial charge is 0.326 e. The van der Waals surface area contributed by atoms with Crippen molar-refractivity contribution >= 4 is 10.2 Å². The molecule has 2 unspecified atom stereocenters. The molecule has 2 N–H and O–H groups in total. The van der Waals surface area contributed by atoms with Gasteiger partial charge in [-0.1, -0.05) is 0 Å². The summed E-state index contributed by atoms with van der Waals surface area (Å²) >= 11 is 0. The van der Waals surface area contributed by atoms with Crippen molar-refractivity contribution in [3.05, 3.63) is 0 Å². The highest BCUT2D eigenvalue weighted by atomic mass is 32.2. The number of rotatable bonds is 2. The van der Waals surface area contributed by atoms with Crippen LogP contribution >= 0.6 is 0 Å². The first kappa shape index (κ1) is 11.0. The van der Waals surface area contributed by atoms with E-state index in [1.165, 1.54) is 6.42 Å². The van der Waals surface area contributed by atoms with Gasteiger partial charge in [0.25, 0.3) is 10.2 Å². The van der Waals surface area contributed by atoms with Crippen LogP contribution in [0.15, 0.2) is 0 Å². The summed E-state index contributed by atoms with van der Waals surface area (Å²) < 4.78 is 28.0. The molecule has 0 aromatic carbocycles. The van der Waals surface area contributed by atoms with Crippen LogP contribution in [0, 0.1) is 5.92 Å². The van der Waals surface area contributed by atoms with Gasteiger partial charge in [-0.15, -0.1) is 0 Å². The zero-order valence-corrected chi connectivity index (χ0v) is 10.2. The molecule has 3 fully saturated rings. The molecule has 16 heavy (non-hydrogen) atoms. The standard InChI is InChI=1S/C10H19N3O2S/c11-9-3-4-12(7-9)16(14,15)13-6-8-1-2-10(13)5-8/h8-10H,1-7,11H2/t8?,9-,10?/m1/s1. The van der Waals surface area contributed by atoms with Crippen molar-refractivity contribution in [3.8, 4) is 0 Å². The first-order chi connectivity index (χ1) is 7.57. The first-order valence-corrected chi connectivity index (χ1v) is 7.49. The van der Waals surface area contributed by atoms with Crippen LogP contribution in [0.1, 0.15) is 25.7 Å². The van der Waals surface area contributed by atoms with Crippen LogP contribution < -0.4 is 5.73 Å². The average Bonchev–Trinajstić information content (AvgIpc) is 2.91. The maximum atomic E-state index is 12.4. The van der Waals surface area contributed by atoms with E-state index in [9.17, 15) is 8.42 Å². The predicted molar refractivity (Wildman–Crippen MR) is 60.9 cm³/mol. The number of fused-ring (bicyclic) bond motifs is 2. The van der Waals surface area contributed by atoms with Crippen LogP contribution in [0.25, 0.3) is 0 Å². The van der Waals surface area contributed by atoms with Crippen LogP contribution in [0.3, 0.4) is 0 Å². The molecule has 0 radical (unpaired) electrons. The molecule has 2 bridgehead atoms. The minimum absolute atomic E-state index is 0.0227. The van der Waals surface area contributed by atoms with E-state index in [0.717, 1.165) is 25.8 Å². The van der Waals surface area contributed by atoms with Gasteiger partial charge in [-0.2, -0.15) is 17.0 Å². The fourth-order valence-electron chi connectivity index (χ4n) is 3.27. The Kier molecular flexibility index (Phi) is 2.51. The van der Waals surface area contributed by atoms with Gasteiger partial charge < -0.3 is 5.73 Å². The zero-order chi connectivity index (χ0) is 11.3. The van der Waals surface area contributed by atoms with Crippen molar-refractivity contribution in [2.24, 2.45) is 11.7 Å². The topological polar surface area (TPSA) is 66.6 Å². The van der Waals surface area contributed by atoms with Crippen molar-refractivity contribution in [1.82, 2.24) is 8.61 Å². The van der Waals surface area contributed by atoms with E-state index in [1.54, 1.807) is 8.61 Å². The lowest BCUT2D eigenvalue weighted by atomic mass is 10.1. The van der Waals surface area contributed by atoms with E-state index in [1.807, 2.05) is 0 Å². The van der Waals surface area contributed by atoms with Gasteiger partial charge in [-0.3, -0.25) is 0 Å². The van der Waals surface area contributed by atoms with Gasteiger partial charge in [0.2, 0.25) is 0 Å². The minimum Gasteiger partial charge on any atom is -0.326 e. The quantitative estimate of drug-likeness (QED) is 0.729. The lowest BCUT2D eigenvalue weighted by Crippen LogP contribution is -2.46. The molecule has 3 atom stereocenters. The Bertz CT molecular complexity index is 384. The molecule has 2 aliphatic heterocycles. The second kappa shape index (κ2) is 3.66. The van der Waals surface area contributed by atoms with Gasteiger partial charge >= 0.3 is 0 Å². The van der Waals surface area contributed by atoms with Gasteiger partial charge in [-0.25, -0.2) is 0 Å². The lowest BCUT2D eigenvalue weighted by Gasteiger charge is -2.30. The Hall–Kier alpha value is -0.170. The van der Waals surface area contributed by atoms with Crippen LogP contribution in [0.2, 0.25) is 0 Å². The van der Waals surface area contributed by atoms with Gasteiger partial charge in [0.1, 0.15) is 0 Å². The third-order valence-corrected chi connectivity index (χ3v) is 6.19. The van der Waals surface area contributed by atoms with Gasteiger partial charge in [0.05, 0.1) is 0 Å². The second-order valence-corrected chi connectivity index (χ2v) is 7.20. The zero-order valence-electron chi connectivity index (χ0n) is 9.38. The molecule has 5 nitrogen and oxygen atoms in total. The van der Waals surface area contributed by atoms with Crippen molar-refractivity contribution in [2.75, 3.05) is 19.6 Å². The summed E-state index contributed by atoms with van der Waals surface area (Å²) in [6.45, 7) is 1.83. The van der Waals surface area contributed by atoms with E-state index < -0.39 is 10.2 Å². The first-order valence-electron chi connectivity index (χ1n) is 6.10. The third kappa shape index (κ3) is 1.59. The van der Waals surface area contributed by atoms with Gasteiger partial charge in [-0.05, 0) is 31.6 Å². The summed E-state index contributed by atoms with van der Waals surface area (Å²) in [5.41, 5.74) is 5.77. The minimum atomic E-state index is -3.22. The predicted octanol–water partition coefficient (Wildman–Crippen LogP) is -0.251. The van der Waals surface area contributed by atoms with Crippen molar-refractivity contribution in [2.45, 2.75) is 37.8 Å². The number of nitrogens with zero attached hydrogens (tertiary/aromatic N) is 2. The van der Waals surface area contributed by atoms with Gasteiger partial charge in [0.15, 0.2) is 0 Å². The molecule has 0 aromatic rings. The molecule has 0 aromatic heterocycles. The number of hydrogen-bond acceptors (Lipinski definition) is 3. The Morgan fingerprint density at radius 3 is 2.44 bits per heavy atom. The Morgan fingerprint density at radius 1 is 1.12 bits per heavy atom. The normalized spacial score (nSPS) is 40.9. The molecule has 0 amide bonds. The van der Waals surface area contributed by atoms with Crippen molar-refractivity contribution in [3.63, 3.8) is 0 Å². The maximum absolute atomic E-state index is 12.4. The number of piperidine rings is 1. The molecule has 1 aliphatic carbocycles. The Morgan fingerprint density at radius 2 is 1.94 bits per heavy atom. The molecule has 2 heterocycles. The van der Waals surface area contributed by atoms with Crippen LogP contribution in [0.5, 0.6) is 0 Å². The van der Waals surface area contributed by atoms with E-state index >= 15 is 0 Å². The summed E-state index contributed by atoms with van der Waals surface area (Å²) in [7, 11) is -3.22. The smallest absolute Gasteiger partial charge is 0.282 e. The third-order valence-electron chi connectivity index (χ3n) is 4.17. The fraction of sp³-hybridized carbons (Fsp3) is 1.00. The van der Waals surface area contributed by atoms with Crippen molar-refractivity contribution in [1.29, 1.82) is 0 Å². The summed E-state index contributed by atoms with van der Waals surface area (Å²) in [5, 5.41) is 0. The number of nitrogens with two attached hydrogens (primary N) is 1. The van der Waals surface area contributed by atoms with E-state index in [-0.39, 0.29) is 12.1 Å². The molecule has 2 saturated heterocycles.